The van der Waals surface area contributed by atoms with Gasteiger partial charge >= 0.3 is 12.2 Å². The molecule has 4 nitrogen and oxygen atoms in total. The molecule has 1 fully saturated rings. The SMILES string of the molecule is FC1(F)CN(c2cc(Cl)nc(Cl)n2)CC(F)(F)O1. The first-order valence-corrected chi connectivity index (χ1v) is 5.33. The highest BCUT2D eigenvalue weighted by Crippen LogP contribution is 2.35. The van der Waals surface area contributed by atoms with E-state index >= 15 is 0 Å². The zero-order valence-electron chi connectivity index (χ0n) is 8.51. The van der Waals surface area contributed by atoms with Crippen LogP contribution in [-0.4, -0.2) is 35.3 Å². The van der Waals surface area contributed by atoms with Crippen LogP contribution in [0.4, 0.5) is 23.4 Å². The largest absolute Gasteiger partial charge is 0.377 e. The molecule has 0 N–H and O–H groups in total. The van der Waals surface area contributed by atoms with Crippen molar-refractivity contribution in [3.63, 3.8) is 0 Å². The summed E-state index contributed by atoms with van der Waals surface area (Å²) in [6.45, 7) is -2.15. The average Bonchev–Trinajstić information content (AvgIpc) is 2.10. The van der Waals surface area contributed by atoms with Gasteiger partial charge in [-0.2, -0.15) is 17.6 Å². The molecule has 0 radical (unpaired) electrons. The number of rotatable bonds is 1. The number of anilines is 1. The van der Waals surface area contributed by atoms with E-state index in [1.807, 2.05) is 0 Å². The highest BCUT2D eigenvalue weighted by atomic mass is 35.5. The van der Waals surface area contributed by atoms with Crippen LogP contribution in [0.5, 0.6) is 0 Å². The molecule has 2 rings (SSSR count). The minimum atomic E-state index is -3.99. The Balaban J connectivity index is 2.32. The summed E-state index contributed by atoms with van der Waals surface area (Å²) in [5.41, 5.74) is 0. The lowest BCUT2D eigenvalue weighted by Crippen LogP contribution is -2.55. The molecule has 0 saturated carbocycles. The quantitative estimate of drug-likeness (QED) is 0.454. The molecular weight excluding hydrogens is 301 g/mol. The Hall–Kier alpha value is -0.860. The summed E-state index contributed by atoms with van der Waals surface area (Å²) in [5.74, 6) is -0.220. The average molecular weight is 306 g/mol. The molecule has 1 aliphatic rings. The van der Waals surface area contributed by atoms with Gasteiger partial charge in [-0.1, -0.05) is 11.6 Å². The number of hydrogen-bond donors (Lipinski definition) is 0. The number of alkyl halides is 4. The van der Waals surface area contributed by atoms with Crippen LogP contribution in [0.25, 0.3) is 0 Å². The van der Waals surface area contributed by atoms with E-state index in [0.29, 0.717) is 4.90 Å². The van der Waals surface area contributed by atoms with Crippen LogP contribution in [-0.2, 0) is 4.74 Å². The van der Waals surface area contributed by atoms with Crippen molar-refractivity contribution in [3.8, 4) is 0 Å². The van der Waals surface area contributed by atoms with Gasteiger partial charge in [0.25, 0.3) is 0 Å². The van der Waals surface area contributed by atoms with Crippen molar-refractivity contribution in [1.82, 2.24) is 9.97 Å². The lowest BCUT2D eigenvalue weighted by atomic mass is 10.3. The van der Waals surface area contributed by atoms with Crippen LogP contribution >= 0.6 is 23.2 Å². The molecule has 1 saturated heterocycles. The maximum Gasteiger partial charge on any atom is 0.377 e. The molecule has 0 spiro atoms. The molecule has 0 atom stereocenters. The molecule has 1 aromatic heterocycles. The molecule has 2 heterocycles. The lowest BCUT2D eigenvalue weighted by Gasteiger charge is -2.37. The zero-order chi connectivity index (χ0) is 13.6. The number of morpholine rings is 1. The Labute approximate surface area is 108 Å². The van der Waals surface area contributed by atoms with Crippen molar-refractivity contribution in [2.24, 2.45) is 0 Å². The first kappa shape index (κ1) is 13.6. The van der Waals surface area contributed by atoms with Crippen LogP contribution in [0.1, 0.15) is 0 Å². The van der Waals surface area contributed by atoms with E-state index in [1.54, 1.807) is 0 Å². The molecule has 0 bridgehead atoms. The van der Waals surface area contributed by atoms with Crippen LogP contribution in [0.2, 0.25) is 10.4 Å². The smallest absolute Gasteiger partial charge is 0.339 e. The molecule has 0 aromatic carbocycles. The molecule has 1 aliphatic heterocycles. The molecule has 18 heavy (non-hydrogen) atoms. The van der Waals surface area contributed by atoms with E-state index in [9.17, 15) is 17.6 Å². The van der Waals surface area contributed by atoms with Crippen molar-refractivity contribution in [1.29, 1.82) is 0 Å². The van der Waals surface area contributed by atoms with Gasteiger partial charge in [-0.3, -0.25) is 4.74 Å². The Morgan fingerprint density at radius 2 is 1.67 bits per heavy atom. The van der Waals surface area contributed by atoms with Crippen molar-refractivity contribution < 1.29 is 22.3 Å². The minimum Gasteiger partial charge on any atom is -0.339 e. The zero-order valence-corrected chi connectivity index (χ0v) is 10.0. The van der Waals surface area contributed by atoms with Crippen LogP contribution in [0.15, 0.2) is 6.07 Å². The third-order valence-electron chi connectivity index (χ3n) is 2.03. The second-order valence-electron chi connectivity index (χ2n) is 3.55. The third kappa shape index (κ3) is 3.12. The number of halogens is 6. The van der Waals surface area contributed by atoms with Gasteiger partial charge in [0.1, 0.15) is 24.1 Å². The highest BCUT2D eigenvalue weighted by Gasteiger charge is 2.51. The Morgan fingerprint density at radius 3 is 2.17 bits per heavy atom. The monoisotopic (exact) mass is 305 g/mol. The fraction of sp³-hybridized carbons (Fsp3) is 0.500. The van der Waals surface area contributed by atoms with E-state index in [4.69, 9.17) is 23.2 Å². The van der Waals surface area contributed by atoms with Gasteiger partial charge in [0.05, 0.1) is 0 Å². The summed E-state index contributed by atoms with van der Waals surface area (Å²) in [7, 11) is 0. The summed E-state index contributed by atoms with van der Waals surface area (Å²) in [5, 5.41) is -0.459. The maximum atomic E-state index is 13.0. The van der Waals surface area contributed by atoms with E-state index < -0.39 is 25.3 Å². The highest BCUT2D eigenvalue weighted by molar-refractivity contribution is 6.32. The molecule has 0 unspecified atom stereocenters. The molecule has 10 heteroatoms. The normalized spacial score (nSPS) is 22.0. The van der Waals surface area contributed by atoms with Gasteiger partial charge in [0, 0.05) is 6.07 Å². The van der Waals surface area contributed by atoms with Crippen molar-refractivity contribution >= 4 is 29.0 Å². The van der Waals surface area contributed by atoms with Gasteiger partial charge in [-0.15, -0.1) is 0 Å². The summed E-state index contributed by atoms with van der Waals surface area (Å²) in [6.07, 6.45) is -7.99. The van der Waals surface area contributed by atoms with Gasteiger partial charge in [0.2, 0.25) is 5.28 Å². The second kappa shape index (κ2) is 4.36. The number of aromatic nitrogens is 2. The van der Waals surface area contributed by atoms with Crippen molar-refractivity contribution in [2.45, 2.75) is 12.2 Å². The Kier molecular flexibility index (Phi) is 3.28. The number of nitrogens with zero attached hydrogens (tertiary/aromatic N) is 3. The van der Waals surface area contributed by atoms with Gasteiger partial charge < -0.3 is 4.90 Å². The van der Waals surface area contributed by atoms with Crippen LogP contribution in [0, 0.1) is 0 Å². The summed E-state index contributed by atoms with van der Waals surface area (Å²) < 4.78 is 55.3. The summed E-state index contributed by atoms with van der Waals surface area (Å²) in [4.78, 5) is 7.68. The predicted octanol–water partition coefficient (Wildman–Crippen LogP) is 2.81. The van der Waals surface area contributed by atoms with E-state index in [-0.39, 0.29) is 16.3 Å². The van der Waals surface area contributed by atoms with E-state index in [0.717, 1.165) is 6.07 Å². The van der Waals surface area contributed by atoms with E-state index in [2.05, 4.69) is 14.7 Å². The molecule has 0 aliphatic carbocycles. The number of ether oxygens (including phenoxy) is 1. The van der Waals surface area contributed by atoms with E-state index in [1.165, 1.54) is 0 Å². The molecule has 100 valence electrons. The van der Waals surface area contributed by atoms with Gasteiger partial charge in [0.15, 0.2) is 0 Å². The van der Waals surface area contributed by atoms with Crippen LogP contribution in [0.3, 0.4) is 0 Å². The third-order valence-corrected chi connectivity index (χ3v) is 2.39. The topological polar surface area (TPSA) is 38.2 Å². The maximum absolute atomic E-state index is 13.0. The number of hydrogen-bond acceptors (Lipinski definition) is 4. The van der Waals surface area contributed by atoms with Crippen LogP contribution < -0.4 is 4.90 Å². The second-order valence-corrected chi connectivity index (χ2v) is 4.28. The predicted molar refractivity (Wildman–Crippen MR) is 55.2 cm³/mol. The molecule has 0 amide bonds. The minimum absolute atomic E-state index is 0.136. The van der Waals surface area contributed by atoms with Crippen molar-refractivity contribution in [3.05, 3.63) is 16.5 Å². The summed E-state index contributed by atoms with van der Waals surface area (Å²) >= 11 is 11.0. The Morgan fingerprint density at radius 1 is 1.11 bits per heavy atom. The standard InChI is InChI=1S/C8H5Cl2F4N3O/c9-4-1-5(16-6(10)15-4)17-2-7(11,12)18-8(13,14)3-17/h1H,2-3H2. The fourth-order valence-electron chi connectivity index (χ4n) is 1.49. The van der Waals surface area contributed by atoms with Gasteiger partial charge in [-0.05, 0) is 11.6 Å². The van der Waals surface area contributed by atoms with Gasteiger partial charge in [-0.25, -0.2) is 9.97 Å². The molecule has 1 aromatic rings. The fourth-order valence-corrected chi connectivity index (χ4v) is 1.88. The first-order chi connectivity index (χ1) is 8.17. The first-order valence-electron chi connectivity index (χ1n) is 4.58. The van der Waals surface area contributed by atoms with Crippen molar-refractivity contribution in [2.75, 3.05) is 18.0 Å². The molecular formula is C8H5Cl2F4N3O. The lowest BCUT2D eigenvalue weighted by molar-refractivity contribution is -0.380. The summed E-state index contributed by atoms with van der Waals surface area (Å²) in [6, 6.07) is 1.06. The Bertz CT molecular complexity index is 437.